The Balaban J connectivity index is 2.60. The van der Waals surface area contributed by atoms with E-state index in [0.29, 0.717) is 0 Å². The third-order valence-corrected chi connectivity index (χ3v) is 2.19. The fourth-order valence-corrected chi connectivity index (χ4v) is 1.11. The summed E-state index contributed by atoms with van der Waals surface area (Å²) in [5.41, 5.74) is 2.58. The van der Waals surface area contributed by atoms with Crippen LogP contribution in [0, 0.1) is 0 Å². The molecule has 0 bridgehead atoms. The summed E-state index contributed by atoms with van der Waals surface area (Å²) in [6.45, 7) is 5.11. The second kappa shape index (κ2) is 4.65. The van der Waals surface area contributed by atoms with E-state index in [1.54, 1.807) is 0 Å². The van der Waals surface area contributed by atoms with Crippen molar-refractivity contribution in [2.75, 3.05) is 7.05 Å². The van der Waals surface area contributed by atoms with E-state index < -0.39 is 0 Å². The van der Waals surface area contributed by atoms with Crippen LogP contribution in [-0.4, -0.2) is 16.9 Å². The molecule has 0 atom stereocenters. The SMILES string of the molecule is CC=C(C)N(C)Cc1ccncc1. The summed E-state index contributed by atoms with van der Waals surface area (Å²) in [5.74, 6) is 0. The quantitative estimate of drug-likeness (QED) is 0.703. The molecule has 0 radical (unpaired) electrons. The molecule has 0 aromatic carbocycles. The molecule has 2 nitrogen and oxygen atoms in total. The Morgan fingerprint density at radius 3 is 2.62 bits per heavy atom. The topological polar surface area (TPSA) is 16.1 Å². The molecule has 0 amide bonds. The van der Waals surface area contributed by atoms with Crippen LogP contribution >= 0.6 is 0 Å². The molecular formula is C11H16N2. The van der Waals surface area contributed by atoms with Gasteiger partial charge in [0.2, 0.25) is 0 Å². The smallest absolute Gasteiger partial charge is 0.0424 e. The van der Waals surface area contributed by atoms with Gasteiger partial charge in [-0.3, -0.25) is 4.98 Å². The van der Waals surface area contributed by atoms with Gasteiger partial charge in [-0.05, 0) is 31.5 Å². The lowest BCUT2D eigenvalue weighted by Gasteiger charge is -2.19. The number of hydrogen-bond donors (Lipinski definition) is 0. The van der Waals surface area contributed by atoms with Crippen molar-refractivity contribution in [3.63, 3.8) is 0 Å². The Morgan fingerprint density at radius 1 is 1.46 bits per heavy atom. The largest absolute Gasteiger partial charge is 0.374 e. The molecular weight excluding hydrogens is 160 g/mol. The van der Waals surface area contributed by atoms with Gasteiger partial charge in [0, 0.05) is 31.7 Å². The summed E-state index contributed by atoms with van der Waals surface area (Å²) in [6, 6.07) is 4.08. The predicted molar refractivity (Wildman–Crippen MR) is 55.1 cm³/mol. The third-order valence-electron chi connectivity index (χ3n) is 2.19. The van der Waals surface area contributed by atoms with Crippen LogP contribution in [0.25, 0.3) is 0 Å². The fourth-order valence-electron chi connectivity index (χ4n) is 1.11. The Hall–Kier alpha value is -1.31. The minimum absolute atomic E-state index is 0.943. The summed E-state index contributed by atoms with van der Waals surface area (Å²) < 4.78 is 0. The van der Waals surface area contributed by atoms with Crippen LogP contribution in [0.4, 0.5) is 0 Å². The molecule has 0 N–H and O–H groups in total. The van der Waals surface area contributed by atoms with Gasteiger partial charge in [0.15, 0.2) is 0 Å². The van der Waals surface area contributed by atoms with E-state index in [2.05, 4.69) is 36.9 Å². The highest BCUT2D eigenvalue weighted by molar-refractivity contribution is 5.11. The van der Waals surface area contributed by atoms with Gasteiger partial charge in [-0.1, -0.05) is 6.08 Å². The van der Waals surface area contributed by atoms with E-state index in [4.69, 9.17) is 0 Å². The van der Waals surface area contributed by atoms with Crippen LogP contribution in [0.1, 0.15) is 19.4 Å². The standard InChI is InChI=1S/C11H16N2/c1-4-10(2)13(3)9-11-5-7-12-8-6-11/h4-8H,9H2,1-3H3. The Labute approximate surface area is 79.9 Å². The van der Waals surface area contributed by atoms with Crippen LogP contribution in [-0.2, 0) is 6.54 Å². The normalized spacial score (nSPS) is 11.5. The molecule has 0 saturated carbocycles. The number of rotatable bonds is 3. The lowest BCUT2D eigenvalue weighted by molar-refractivity contribution is 0.411. The first kappa shape index (κ1) is 9.78. The molecule has 0 saturated heterocycles. The van der Waals surface area contributed by atoms with E-state index in [0.717, 1.165) is 6.54 Å². The molecule has 13 heavy (non-hydrogen) atoms. The van der Waals surface area contributed by atoms with Crippen LogP contribution in [0.2, 0.25) is 0 Å². The number of hydrogen-bond acceptors (Lipinski definition) is 2. The maximum atomic E-state index is 3.98. The molecule has 1 aromatic heterocycles. The van der Waals surface area contributed by atoms with Gasteiger partial charge < -0.3 is 4.90 Å². The number of allylic oxidation sites excluding steroid dienone is 2. The van der Waals surface area contributed by atoms with E-state index in [-0.39, 0.29) is 0 Å². The summed E-state index contributed by atoms with van der Waals surface area (Å²) in [7, 11) is 2.09. The average Bonchev–Trinajstić information content (AvgIpc) is 2.18. The molecule has 0 aliphatic carbocycles. The summed E-state index contributed by atoms with van der Waals surface area (Å²) in [5, 5.41) is 0. The zero-order valence-corrected chi connectivity index (χ0v) is 8.49. The maximum absolute atomic E-state index is 3.98. The monoisotopic (exact) mass is 176 g/mol. The zero-order chi connectivity index (χ0) is 9.68. The molecule has 1 rings (SSSR count). The van der Waals surface area contributed by atoms with Gasteiger partial charge in [-0.15, -0.1) is 0 Å². The van der Waals surface area contributed by atoms with Crippen LogP contribution in [0.15, 0.2) is 36.3 Å². The molecule has 0 aliphatic rings. The molecule has 0 aliphatic heterocycles. The van der Waals surface area contributed by atoms with E-state index in [1.807, 2.05) is 24.5 Å². The van der Waals surface area contributed by atoms with Crippen molar-refractivity contribution >= 4 is 0 Å². The maximum Gasteiger partial charge on any atom is 0.0424 e. The van der Waals surface area contributed by atoms with Gasteiger partial charge in [0.25, 0.3) is 0 Å². The second-order valence-electron chi connectivity index (χ2n) is 3.14. The van der Waals surface area contributed by atoms with E-state index in [1.165, 1.54) is 11.3 Å². The van der Waals surface area contributed by atoms with Crippen molar-refractivity contribution in [1.82, 2.24) is 9.88 Å². The number of aromatic nitrogens is 1. The minimum Gasteiger partial charge on any atom is -0.374 e. The van der Waals surface area contributed by atoms with Gasteiger partial charge >= 0.3 is 0 Å². The van der Waals surface area contributed by atoms with Crippen LogP contribution in [0.5, 0.6) is 0 Å². The zero-order valence-electron chi connectivity index (χ0n) is 8.49. The van der Waals surface area contributed by atoms with Gasteiger partial charge in [0.1, 0.15) is 0 Å². The van der Waals surface area contributed by atoms with Gasteiger partial charge in [-0.25, -0.2) is 0 Å². The predicted octanol–water partition coefficient (Wildman–Crippen LogP) is 2.44. The molecule has 0 unspecified atom stereocenters. The van der Waals surface area contributed by atoms with Crippen molar-refractivity contribution in [3.05, 3.63) is 41.9 Å². The molecule has 0 fully saturated rings. The summed E-state index contributed by atoms with van der Waals surface area (Å²) in [4.78, 5) is 6.20. The van der Waals surface area contributed by atoms with Crippen molar-refractivity contribution in [3.8, 4) is 0 Å². The fraction of sp³-hybridized carbons (Fsp3) is 0.364. The lowest BCUT2D eigenvalue weighted by atomic mass is 10.2. The van der Waals surface area contributed by atoms with Crippen molar-refractivity contribution in [2.24, 2.45) is 0 Å². The first-order valence-corrected chi connectivity index (χ1v) is 4.47. The average molecular weight is 176 g/mol. The summed E-state index contributed by atoms with van der Waals surface area (Å²) in [6.07, 6.45) is 5.77. The molecule has 70 valence electrons. The Kier molecular flexibility index (Phi) is 3.50. The Morgan fingerprint density at radius 2 is 2.08 bits per heavy atom. The third kappa shape index (κ3) is 2.90. The highest BCUT2D eigenvalue weighted by atomic mass is 15.1. The molecule has 1 heterocycles. The lowest BCUT2D eigenvalue weighted by Crippen LogP contribution is -2.14. The van der Waals surface area contributed by atoms with Gasteiger partial charge in [0.05, 0.1) is 0 Å². The van der Waals surface area contributed by atoms with Crippen molar-refractivity contribution in [1.29, 1.82) is 0 Å². The van der Waals surface area contributed by atoms with Crippen LogP contribution in [0.3, 0.4) is 0 Å². The summed E-state index contributed by atoms with van der Waals surface area (Å²) >= 11 is 0. The first-order valence-electron chi connectivity index (χ1n) is 4.47. The van der Waals surface area contributed by atoms with Crippen molar-refractivity contribution in [2.45, 2.75) is 20.4 Å². The number of nitrogens with zero attached hydrogens (tertiary/aromatic N) is 2. The Bertz CT molecular complexity index is 277. The van der Waals surface area contributed by atoms with Gasteiger partial charge in [-0.2, -0.15) is 0 Å². The van der Waals surface area contributed by atoms with Crippen LogP contribution < -0.4 is 0 Å². The van der Waals surface area contributed by atoms with Crippen molar-refractivity contribution < 1.29 is 0 Å². The second-order valence-corrected chi connectivity index (χ2v) is 3.14. The molecule has 2 heteroatoms. The number of pyridine rings is 1. The van der Waals surface area contributed by atoms with E-state index in [9.17, 15) is 0 Å². The molecule has 1 aromatic rings. The first-order chi connectivity index (χ1) is 6.24. The minimum atomic E-state index is 0.943. The highest BCUT2D eigenvalue weighted by Gasteiger charge is 1.98. The molecule has 0 spiro atoms. The highest BCUT2D eigenvalue weighted by Crippen LogP contribution is 2.06. The van der Waals surface area contributed by atoms with E-state index >= 15 is 0 Å².